The molecule has 1 aromatic heterocycles. The van der Waals surface area contributed by atoms with E-state index < -0.39 is 0 Å². The van der Waals surface area contributed by atoms with Crippen molar-refractivity contribution in [2.45, 2.75) is 18.7 Å². The molecule has 1 amide bonds. The highest BCUT2D eigenvalue weighted by molar-refractivity contribution is 7.99. The average Bonchev–Trinajstić information content (AvgIpc) is 3.05. The Bertz CT molecular complexity index is 942. The maximum Gasteiger partial charge on any atom is 0.261 e. The molecule has 0 spiro atoms. The van der Waals surface area contributed by atoms with Crippen molar-refractivity contribution in [3.8, 4) is 0 Å². The number of carbonyl (C=O) groups is 1. The van der Waals surface area contributed by atoms with Gasteiger partial charge in [0.1, 0.15) is 0 Å². The molecular weight excluding hydrogens is 410 g/mol. The van der Waals surface area contributed by atoms with Gasteiger partial charge < -0.3 is 4.90 Å². The average molecular weight is 436 g/mol. The zero-order valence-corrected chi connectivity index (χ0v) is 19.1. The number of nitrogens with zero attached hydrogens (tertiary/aromatic N) is 3. The summed E-state index contributed by atoms with van der Waals surface area (Å²) in [6.07, 6.45) is 0. The molecule has 3 aromatic rings. The molecule has 1 heterocycles. The second-order valence-corrected chi connectivity index (χ2v) is 8.97. The Hall–Kier alpha value is -1.60. The highest BCUT2D eigenvalue weighted by atomic mass is 35.5. The van der Waals surface area contributed by atoms with Crippen LogP contribution < -0.4 is 4.90 Å². The van der Waals surface area contributed by atoms with Gasteiger partial charge in [0, 0.05) is 18.0 Å². The molecule has 0 aliphatic carbocycles. The highest BCUT2D eigenvalue weighted by Crippen LogP contribution is 2.32. The van der Waals surface area contributed by atoms with Crippen LogP contribution in [0.5, 0.6) is 0 Å². The number of amides is 1. The summed E-state index contributed by atoms with van der Waals surface area (Å²) in [5, 5.41) is 0.763. The van der Waals surface area contributed by atoms with Crippen LogP contribution in [0.4, 0.5) is 5.13 Å². The van der Waals surface area contributed by atoms with Gasteiger partial charge in [-0.1, -0.05) is 36.5 Å². The van der Waals surface area contributed by atoms with E-state index in [1.54, 1.807) is 23.1 Å². The number of hydrogen-bond acceptors (Lipinski definition) is 5. The van der Waals surface area contributed by atoms with E-state index in [0.717, 1.165) is 38.1 Å². The lowest BCUT2D eigenvalue weighted by Gasteiger charge is -2.23. The van der Waals surface area contributed by atoms with Crippen LogP contribution in [-0.4, -0.2) is 48.7 Å². The first-order valence-corrected chi connectivity index (χ1v) is 10.9. The first-order chi connectivity index (χ1) is 13.0. The highest BCUT2D eigenvalue weighted by Gasteiger charge is 2.23. The molecule has 0 saturated heterocycles. The van der Waals surface area contributed by atoms with Crippen LogP contribution in [0.15, 0.2) is 47.4 Å². The van der Waals surface area contributed by atoms with Crippen LogP contribution in [0.3, 0.4) is 0 Å². The standard InChI is InChI=1S/C21H25N3OS2.ClH/c1-5-26-18-9-7-6-8-16(18)20(25)24(13-12-23(3)4)21-22-17-11-10-15(2)14-19(17)27-21;/h6-11,14H,5,12-13H2,1-4H3;1H. The lowest BCUT2D eigenvalue weighted by molar-refractivity contribution is 0.0982. The summed E-state index contributed by atoms with van der Waals surface area (Å²) in [6.45, 7) is 5.57. The molecule has 0 N–H and O–H groups in total. The van der Waals surface area contributed by atoms with Crippen molar-refractivity contribution in [2.24, 2.45) is 0 Å². The minimum Gasteiger partial charge on any atom is -0.308 e. The van der Waals surface area contributed by atoms with Crippen LogP contribution in [0.25, 0.3) is 10.2 Å². The molecule has 3 rings (SSSR count). The number of aromatic nitrogens is 1. The largest absolute Gasteiger partial charge is 0.308 e. The molecule has 28 heavy (non-hydrogen) atoms. The van der Waals surface area contributed by atoms with E-state index in [2.05, 4.69) is 30.9 Å². The SMILES string of the molecule is CCSc1ccccc1C(=O)N(CCN(C)C)c1nc2ccc(C)cc2s1.Cl. The van der Waals surface area contributed by atoms with Crippen LogP contribution in [0.2, 0.25) is 0 Å². The summed E-state index contributed by atoms with van der Waals surface area (Å²) < 4.78 is 1.11. The maximum atomic E-state index is 13.5. The molecule has 150 valence electrons. The topological polar surface area (TPSA) is 36.4 Å². The lowest BCUT2D eigenvalue weighted by atomic mass is 10.2. The normalized spacial score (nSPS) is 10.9. The van der Waals surface area contributed by atoms with Gasteiger partial charge in [0.15, 0.2) is 5.13 Å². The Labute approximate surface area is 181 Å². The van der Waals surface area contributed by atoms with Crippen molar-refractivity contribution < 1.29 is 4.79 Å². The predicted molar refractivity (Wildman–Crippen MR) is 125 cm³/mol. The predicted octanol–water partition coefficient (Wildman–Crippen LogP) is 5.35. The number of anilines is 1. The maximum absolute atomic E-state index is 13.5. The second-order valence-electron chi connectivity index (χ2n) is 6.66. The third kappa shape index (κ3) is 5.26. The summed E-state index contributed by atoms with van der Waals surface area (Å²) in [6, 6.07) is 14.1. The van der Waals surface area contributed by atoms with Crippen LogP contribution in [-0.2, 0) is 0 Å². The molecule has 7 heteroatoms. The third-order valence-electron chi connectivity index (χ3n) is 4.20. The summed E-state index contributed by atoms with van der Waals surface area (Å²) in [5.41, 5.74) is 2.89. The van der Waals surface area contributed by atoms with Crippen LogP contribution in [0.1, 0.15) is 22.8 Å². The van der Waals surface area contributed by atoms with Crippen molar-refractivity contribution in [2.75, 3.05) is 37.8 Å². The first-order valence-electron chi connectivity index (χ1n) is 9.05. The number of thiazole rings is 1. The fourth-order valence-electron chi connectivity index (χ4n) is 2.79. The van der Waals surface area contributed by atoms with Crippen molar-refractivity contribution in [3.05, 3.63) is 53.6 Å². The van der Waals surface area contributed by atoms with Crippen molar-refractivity contribution in [3.63, 3.8) is 0 Å². The van der Waals surface area contributed by atoms with Crippen LogP contribution in [0, 0.1) is 6.92 Å². The van der Waals surface area contributed by atoms with E-state index in [1.165, 1.54) is 5.56 Å². The molecule has 2 aromatic carbocycles. The fraction of sp³-hybridized carbons (Fsp3) is 0.333. The van der Waals surface area contributed by atoms with Gasteiger partial charge in [0.25, 0.3) is 5.91 Å². The number of rotatable bonds is 7. The van der Waals surface area contributed by atoms with Gasteiger partial charge in [0.2, 0.25) is 0 Å². The van der Waals surface area contributed by atoms with Gasteiger partial charge in [-0.05, 0) is 56.6 Å². The van der Waals surface area contributed by atoms with E-state index in [4.69, 9.17) is 4.98 Å². The Balaban J connectivity index is 0.00000280. The van der Waals surface area contributed by atoms with Gasteiger partial charge in [-0.15, -0.1) is 24.2 Å². The zero-order valence-electron chi connectivity index (χ0n) is 16.6. The van der Waals surface area contributed by atoms with Crippen molar-refractivity contribution in [1.82, 2.24) is 9.88 Å². The number of halogens is 1. The first kappa shape index (κ1) is 22.7. The lowest BCUT2D eigenvalue weighted by Crippen LogP contribution is -2.37. The van der Waals surface area contributed by atoms with Crippen LogP contribution >= 0.6 is 35.5 Å². The molecule has 0 unspecified atom stereocenters. The summed E-state index contributed by atoms with van der Waals surface area (Å²) >= 11 is 3.28. The fourth-order valence-corrected chi connectivity index (χ4v) is 4.67. The van der Waals surface area contributed by atoms with Crippen molar-refractivity contribution in [1.29, 1.82) is 0 Å². The quantitative estimate of drug-likeness (QED) is 0.469. The molecular formula is C21H26ClN3OS2. The molecule has 0 radical (unpaired) electrons. The number of hydrogen-bond donors (Lipinski definition) is 0. The molecule has 0 fully saturated rings. The Morgan fingerprint density at radius 1 is 1.14 bits per heavy atom. The minimum absolute atomic E-state index is 0. The molecule has 0 bridgehead atoms. The van der Waals surface area contributed by atoms with E-state index >= 15 is 0 Å². The zero-order chi connectivity index (χ0) is 19.4. The molecule has 0 aliphatic rings. The number of benzene rings is 2. The van der Waals surface area contributed by atoms with E-state index in [0.29, 0.717) is 6.54 Å². The smallest absolute Gasteiger partial charge is 0.261 e. The van der Waals surface area contributed by atoms with Gasteiger partial charge in [-0.25, -0.2) is 4.98 Å². The van der Waals surface area contributed by atoms with Crippen molar-refractivity contribution >= 4 is 56.8 Å². The van der Waals surface area contributed by atoms with Gasteiger partial charge >= 0.3 is 0 Å². The minimum atomic E-state index is 0. The Morgan fingerprint density at radius 3 is 2.61 bits per heavy atom. The molecule has 0 atom stereocenters. The number of carbonyl (C=O) groups excluding carboxylic acids is 1. The number of aryl methyl sites for hydroxylation is 1. The molecule has 0 aliphatic heterocycles. The second kappa shape index (κ2) is 10.3. The number of fused-ring (bicyclic) bond motifs is 1. The van der Waals surface area contributed by atoms with Gasteiger partial charge in [-0.3, -0.25) is 9.69 Å². The van der Waals surface area contributed by atoms with E-state index in [9.17, 15) is 4.79 Å². The number of likely N-dealkylation sites (N-methyl/N-ethyl adjacent to an activating group) is 1. The molecule has 0 saturated carbocycles. The monoisotopic (exact) mass is 435 g/mol. The number of thioether (sulfide) groups is 1. The summed E-state index contributed by atoms with van der Waals surface area (Å²) in [7, 11) is 4.04. The van der Waals surface area contributed by atoms with E-state index in [1.807, 2.05) is 49.3 Å². The summed E-state index contributed by atoms with van der Waals surface area (Å²) in [5.74, 6) is 0.951. The Morgan fingerprint density at radius 2 is 1.89 bits per heavy atom. The third-order valence-corrected chi connectivity index (χ3v) is 6.19. The van der Waals surface area contributed by atoms with E-state index in [-0.39, 0.29) is 18.3 Å². The Kier molecular flexibility index (Phi) is 8.31. The molecule has 4 nitrogen and oxygen atoms in total. The van der Waals surface area contributed by atoms with Gasteiger partial charge in [0.05, 0.1) is 15.8 Å². The van der Waals surface area contributed by atoms with Gasteiger partial charge in [-0.2, -0.15) is 0 Å². The summed E-state index contributed by atoms with van der Waals surface area (Å²) in [4.78, 5) is 23.2.